The zero-order valence-electron chi connectivity index (χ0n) is 37.9. The quantitative estimate of drug-likeness (QED) is 0.0764. The monoisotopic (exact) mass is 871 g/mol. The first-order chi connectivity index (χ1) is 30.7. The Kier molecular flexibility index (Phi) is 10.9. The minimum Gasteiger partial charge on any atom is -0.455 e. The van der Waals surface area contributed by atoms with E-state index in [-0.39, 0.29) is 41.8 Å². The standard InChI is InChI=1S/C45H50ClN7O7S/c1-45(2)15-11-33(39(26-45)31-3-5-34(46)6-4-31)29-51-17-19-52(20-18-51)35-7-9-38(42(24-35)60-36-23-32-12-16-47-43(32)49-28-36)44(54)50-61(57,58)37-8-10-40(41(25-37)53(55)56)48-27-30-13-21-59-22-14-30/h3-10,12,16,23-25,28,30,48H,11,13-15,17-22,26-27,29H2,1-2H3,(H,47,49)(H,50,54)/i21D2,22D2. The van der Waals surface area contributed by atoms with Gasteiger partial charge in [0.25, 0.3) is 21.6 Å². The minimum atomic E-state index is -4.68. The van der Waals surface area contributed by atoms with Crippen LogP contribution in [0.1, 0.15) is 67.4 Å². The number of nitro groups is 1. The first-order valence-corrected chi connectivity index (χ1v) is 22.1. The van der Waals surface area contributed by atoms with Crippen molar-refractivity contribution in [3.05, 3.63) is 117 Å². The fraction of sp³-hybridized carbons (Fsp3) is 0.378. The average Bonchev–Trinajstić information content (AvgIpc) is 3.71. The number of H-pyrrole nitrogens is 1. The number of nitro benzene ring substituents is 1. The van der Waals surface area contributed by atoms with Crippen LogP contribution in [-0.2, 0) is 14.8 Å². The normalized spacial score (nSPS) is 20.3. The molecule has 61 heavy (non-hydrogen) atoms. The number of benzene rings is 3. The number of anilines is 2. The number of halogens is 1. The van der Waals surface area contributed by atoms with Crippen molar-refractivity contribution in [2.24, 2.45) is 11.3 Å². The van der Waals surface area contributed by atoms with Crippen LogP contribution < -0.4 is 19.7 Å². The lowest BCUT2D eigenvalue weighted by Crippen LogP contribution is -2.47. The van der Waals surface area contributed by atoms with Gasteiger partial charge < -0.3 is 24.7 Å². The van der Waals surface area contributed by atoms with Gasteiger partial charge in [0.1, 0.15) is 22.8 Å². The van der Waals surface area contributed by atoms with Crippen molar-refractivity contribution in [3.8, 4) is 11.5 Å². The summed E-state index contributed by atoms with van der Waals surface area (Å²) in [5.41, 5.74) is 4.87. The maximum Gasteiger partial charge on any atom is 0.293 e. The van der Waals surface area contributed by atoms with Gasteiger partial charge in [-0.05, 0) is 103 Å². The van der Waals surface area contributed by atoms with E-state index < -0.39 is 50.5 Å². The summed E-state index contributed by atoms with van der Waals surface area (Å²) in [5, 5.41) is 16.5. The second kappa shape index (κ2) is 17.9. The lowest BCUT2D eigenvalue weighted by Gasteiger charge is -2.39. The van der Waals surface area contributed by atoms with Gasteiger partial charge in [-0.15, -0.1) is 0 Å². The number of sulfonamides is 1. The van der Waals surface area contributed by atoms with Crippen LogP contribution in [0.2, 0.25) is 5.02 Å². The molecule has 0 unspecified atom stereocenters. The van der Waals surface area contributed by atoms with Crippen LogP contribution in [0.25, 0.3) is 16.6 Å². The molecule has 2 saturated heterocycles. The van der Waals surface area contributed by atoms with Gasteiger partial charge in [0.2, 0.25) is 0 Å². The third-order valence-electron chi connectivity index (χ3n) is 11.5. The summed E-state index contributed by atoms with van der Waals surface area (Å²) in [4.78, 5) is 36.9. The lowest BCUT2D eigenvalue weighted by atomic mass is 9.72. The van der Waals surface area contributed by atoms with Crippen molar-refractivity contribution < 1.29 is 33.1 Å². The number of allylic oxidation sites excluding steroid dienone is 1. The highest BCUT2D eigenvalue weighted by Gasteiger charge is 2.31. The summed E-state index contributed by atoms with van der Waals surface area (Å²) >= 11 is 6.23. The molecule has 4 heterocycles. The summed E-state index contributed by atoms with van der Waals surface area (Å²) in [6.07, 6.45) is 6.04. The first-order valence-electron chi connectivity index (χ1n) is 22.2. The number of pyridine rings is 1. The number of rotatable bonds is 13. The summed E-state index contributed by atoms with van der Waals surface area (Å²) in [7, 11) is -4.68. The number of ether oxygens (including phenoxy) is 2. The number of carbonyl (C=O) groups excluding carboxylic acids is 1. The van der Waals surface area contributed by atoms with E-state index in [1.54, 1.807) is 24.4 Å². The van der Waals surface area contributed by atoms with Crippen molar-refractivity contribution in [2.75, 3.05) is 62.6 Å². The first kappa shape index (κ1) is 37.3. The molecule has 8 rings (SSSR count). The summed E-state index contributed by atoms with van der Waals surface area (Å²) in [5.74, 6) is -1.23. The van der Waals surface area contributed by atoms with E-state index in [9.17, 15) is 23.3 Å². The Morgan fingerprint density at radius 3 is 2.59 bits per heavy atom. The Bertz CT molecular complexity index is 2750. The number of amides is 1. The number of hydrogen-bond donors (Lipinski definition) is 3. The van der Waals surface area contributed by atoms with Gasteiger partial charge in [-0.25, -0.2) is 18.1 Å². The van der Waals surface area contributed by atoms with E-state index in [1.807, 2.05) is 18.2 Å². The van der Waals surface area contributed by atoms with Gasteiger partial charge >= 0.3 is 0 Å². The van der Waals surface area contributed by atoms with Gasteiger partial charge in [-0.3, -0.25) is 19.8 Å². The van der Waals surface area contributed by atoms with Crippen LogP contribution >= 0.6 is 11.6 Å². The Balaban J connectivity index is 0.997. The van der Waals surface area contributed by atoms with Gasteiger partial charge in [-0.1, -0.05) is 43.2 Å². The number of aromatic amines is 1. The number of nitrogens with zero attached hydrogens (tertiary/aromatic N) is 4. The molecular weight excluding hydrogens is 818 g/mol. The fourth-order valence-electron chi connectivity index (χ4n) is 8.04. The molecular formula is C45H50ClN7O7S. The van der Waals surface area contributed by atoms with Crippen LogP contribution in [0.15, 0.2) is 95.7 Å². The van der Waals surface area contributed by atoms with Crippen LogP contribution in [0.4, 0.5) is 17.1 Å². The van der Waals surface area contributed by atoms with E-state index in [4.69, 9.17) is 26.6 Å². The van der Waals surface area contributed by atoms with E-state index in [2.05, 4.69) is 55.8 Å². The topological polar surface area (TPSA) is 172 Å². The molecule has 0 bridgehead atoms. The third-order valence-corrected chi connectivity index (χ3v) is 13.1. The van der Waals surface area contributed by atoms with E-state index in [0.717, 1.165) is 62.1 Å². The molecule has 0 radical (unpaired) electrons. The molecule has 14 nitrogen and oxygen atoms in total. The molecule has 0 saturated carbocycles. The Labute approximate surface area is 366 Å². The largest absolute Gasteiger partial charge is 0.455 e. The summed E-state index contributed by atoms with van der Waals surface area (Å²) in [6, 6.07) is 19.7. The van der Waals surface area contributed by atoms with Crippen molar-refractivity contribution in [2.45, 2.75) is 50.8 Å². The van der Waals surface area contributed by atoms with Gasteiger partial charge in [0.15, 0.2) is 0 Å². The highest BCUT2D eigenvalue weighted by molar-refractivity contribution is 7.90. The number of nitrogens with one attached hydrogen (secondary N) is 3. The zero-order chi connectivity index (χ0) is 46.3. The highest BCUT2D eigenvalue weighted by Crippen LogP contribution is 2.43. The molecule has 1 amide bonds. The molecule has 3 aromatic carbocycles. The number of aromatic nitrogens is 2. The van der Waals surface area contributed by atoms with Gasteiger partial charge in [-0.2, -0.15) is 0 Å². The van der Waals surface area contributed by atoms with Crippen molar-refractivity contribution in [3.63, 3.8) is 0 Å². The molecule has 0 spiro atoms. The number of fused-ring (bicyclic) bond motifs is 1. The second-order valence-corrected chi connectivity index (χ2v) is 18.6. The van der Waals surface area contributed by atoms with Crippen molar-refractivity contribution >= 4 is 61.2 Å². The fourth-order valence-corrected chi connectivity index (χ4v) is 9.15. The van der Waals surface area contributed by atoms with E-state index in [1.165, 1.54) is 35.0 Å². The van der Waals surface area contributed by atoms with Crippen LogP contribution in [0, 0.1) is 21.4 Å². The maximum absolute atomic E-state index is 13.9. The molecule has 1 aliphatic carbocycles. The predicted octanol–water partition coefficient (Wildman–Crippen LogP) is 8.66. The van der Waals surface area contributed by atoms with E-state index in [0.29, 0.717) is 29.5 Å². The number of carbonyl (C=O) groups is 1. The Morgan fingerprint density at radius 2 is 1.84 bits per heavy atom. The maximum atomic E-state index is 13.9. The van der Waals surface area contributed by atoms with Crippen molar-refractivity contribution in [1.29, 1.82) is 0 Å². The van der Waals surface area contributed by atoms with Gasteiger partial charge in [0.05, 0.1) is 27.1 Å². The molecule has 16 heteroatoms. The SMILES string of the molecule is [2H]C1([2H])CC(CNc2ccc(S(=O)(=O)NC(=O)c3ccc(N4CCN(CC5=C(c6ccc(Cl)cc6)CC(C)(C)CC5)CC4)cc3Oc3cnc4[nH]ccc4c3)cc2[N+](=O)[O-])CC([2H])([2H])O1. The molecule has 5 aromatic rings. The van der Waals surface area contributed by atoms with E-state index >= 15 is 0 Å². The molecule has 3 aliphatic rings. The molecule has 2 fully saturated rings. The molecule has 320 valence electrons. The zero-order valence-corrected chi connectivity index (χ0v) is 35.4. The van der Waals surface area contributed by atoms with Gasteiger partial charge in [0, 0.05) is 86.8 Å². The third kappa shape index (κ3) is 10.0. The van der Waals surface area contributed by atoms with Crippen LogP contribution in [0.3, 0.4) is 0 Å². The molecule has 2 aliphatic heterocycles. The Hall–Kier alpha value is -5.48. The second-order valence-electron chi connectivity index (χ2n) is 16.5. The molecule has 0 atom stereocenters. The predicted molar refractivity (Wildman–Crippen MR) is 237 cm³/mol. The van der Waals surface area contributed by atoms with Crippen LogP contribution in [0.5, 0.6) is 11.5 Å². The lowest BCUT2D eigenvalue weighted by molar-refractivity contribution is -0.384. The number of piperazine rings is 1. The highest BCUT2D eigenvalue weighted by atomic mass is 35.5. The average molecular weight is 872 g/mol. The summed E-state index contributed by atoms with van der Waals surface area (Å²) < 4.78 is 72.3. The molecule has 3 N–H and O–H groups in total. The van der Waals surface area contributed by atoms with Crippen LogP contribution in [-0.4, -0.2) is 86.5 Å². The summed E-state index contributed by atoms with van der Waals surface area (Å²) in [6.45, 7) is 3.93. The Morgan fingerprint density at radius 1 is 1.07 bits per heavy atom. The minimum absolute atomic E-state index is 0.0457. The number of hydrogen-bond acceptors (Lipinski definition) is 11. The molecule has 2 aromatic heterocycles. The van der Waals surface area contributed by atoms with Crippen molar-refractivity contribution in [1.82, 2.24) is 19.6 Å². The smallest absolute Gasteiger partial charge is 0.293 e.